The van der Waals surface area contributed by atoms with Crippen LogP contribution in [-0.2, 0) is 0 Å². The Morgan fingerprint density at radius 3 is 2.94 bits per heavy atom. The number of benzene rings is 1. The van der Waals surface area contributed by atoms with Gasteiger partial charge < -0.3 is 10.1 Å². The highest BCUT2D eigenvalue weighted by Crippen LogP contribution is 2.27. The Morgan fingerprint density at radius 1 is 1.56 bits per heavy atom. The monoisotopic (exact) mass is 243 g/mol. The van der Waals surface area contributed by atoms with Crippen LogP contribution < -0.4 is 10.1 Å². The maximum atomic E-state index is 13.3. The first kappa shape index (κ1) is 13.0. The minimum Gasteiger partial charge on any atom is -0.485 e. The van der Waals surface area contributed by atoms with Crippen molar-refractivity contribution in [1.29, 1.82) is 0 Å². The largest absolute Gasteiger partial charge is 0.485 e. The van der Waals surface area contributed by atoms with Crippen LogP contribution >= 0.6 is 11.6 Å². The van der Waals surface area contributed by atoms with E-state index in [0.717, 1.165) is 12.1 Å². The zero-order valence-corrected chi connectivity index (χ0v) is 9.98. The Bertz CT molecular complexity index is 348. The Hall–Kier alpha value is -1.06. The number of hydrogen-bond donors (Lipinski definition) is 1. The van der Waals surface area contributed by atoms with Gasteiger partial charge in [-0.2, -0.15) is 0 Å². The molecule has 0 amide bonds. The summed E-state index contributed by atoms with van der Waals surface area (Å²) in [4.78, 5) is 0. The van der Waals surface area contributed by atoms with E-state index in [-0.39, 0.29) is 17.4 Å². The fourth-order valence-electron chi connectivity index (χ4n) is 1.15. The van der Waals surface area contributed by atoms with Gasteiger partial charge in [-0.25, -0.2) is 4.39 Å². The van der Waals surface area contributed by atoms with E-state index in [4.69, 9.17) is 16.3 Å². The summed E-state index contributed by atoms with van der Waals surface area (Å²) < 4.78 is 18.6. The minimum atomic E-state index is -0.455. The predicted octanol–water partition coefficient (Wildman–Crippen LogP) is 3.02. The third kappa shape index (κ3) is 3.83. The molecule has 0 saturated heterocycles. The molecule has 1 N–H and O–H groups in total. The summed E-state index contributed by atoms with van der Waals surface area (Å²) in [5, 5.41) is 3.38. The van der Waals surface area contributed by atoms with Crippen molar-refractivity contribution in [2.75, 3.05) is 19.7 Å². The van der Waals surface area contributed by atoms with Crippen LogP contribution in [0.3, 0.4) is 0 Å². The number of nitrogens with one attached hydrogen (secondary N) is 1. The molecule has 16 heavy (non-hydrogen) atoms. The van der Waals surface area contributed by atoms with E-state index in [1.165, 1.54) is 12.1 Å². The fourth-order valence-corrected chi connectivity index (χ4v) is 1.37. The molecule has 1 aromatic carbocycles. The van der Waals surface area contributed by atoms with Crippen molar-refractivity contribution in [3.63, 3.8) is 0 Å². The van der Waals surface area contributed by atoms with Gasteiger partial charge in [-0.3, -0.25) is 0 Å². The summed E-state index contributed by atoms with van der Waals surface area (Å²) in [6.45, 7) is 7.59. The second-order valence-corrected chi connectivity index (χ2v) is 3.78. The highest BCUT2D eigenvalue weighted by Gasteiger charge is 2.08. The normalized spacial score (nSPS) is 10.2. The van der Waals surface area contributed by atoms with Gasteiger partial charge in [0.2, 0.25) is 0 Å². The van der Waals surface area contributed by atoms with Crippen LogP contribution in [-0.4, -0.2) is 19.7 Å². The van der Waals surface area contributed by atoms with Gasteiger partial charge in [-0.15, -0.1) is 0 Å². The predicted molar refractivity (Wildman–Crippen MR) is 64.6 cm³/mol. The minimum absolute atomic E-state index is 0.0850. The molecule has 0 spiro atoms. The first-order valence-corrected chi connectivity index (χ1v) is 5.47. The number of ether oxygens (including phenoxy) is 1. The second kappa shape index (κ2) is 6.51. The van der Waals surface area contributed by atoms with E-state index < -0.39 is 5.82 Å². The molecular weight excluding hydrogens is 229 g/mol. The number of hydrogen-bond acceptors (Lipinski definition) is 2. The fraction of sp³-hybridized carbons (Fsp3) is 0.333. The van der Waals surface area contributed by atoms with E-state index in [2.05, 4.69) is 11.9 Å². The third-order valence-corrected chi connectivity index (χ3v) is 2.26. The van der Waals surface area contributed by atoms with Gasteiger partial charge >= 0.3 is 0 Å². The first-order chi connectivity index (χ1) is 7.65. The SMILES string of the molecule is C=C(CNCC)COc1c(F)cccc1Cl. The molecule has 1 rings (SSSR count). The molecule has 0 aromatic heterocycles. The molecule has 0 radical (unpaired) electrons. The number of likely N-dealkylation sites (N-methyl/N-ethyl adjacent to an activating group) is 1. The van der Waals surface area contributed by atoms with Crippen LogP contribution in [0.1, 0.15) is 6.92 Å². The summed E-state index contributed by atoms with van der Waals surface area (Å²) in [7, 11) is 0. The third-order valence-electron chi connectivity index (χ3n) is 1.96. The summed E-state index contributed by atoms with van der Waals surface area (Å²) >= 11 is 5.81. The lowest BCUT2D eigenvalue weighted by atomic mass is 10.3. The van der Waals surface area contributed by atoms with Crippen molar-refractivity contribution in [1.82, 2.24) is 5.32 Å². The van der Waals surface area contributed by atoms with Gasteiger partial charge in [0.15, 0.2) is 11.6 Å². The summed E-state index contributed by atoms with van der Waals surface area (Å²) in [6, 6.07) is 4.44. The lowest BCUT2D eigenvalue weighted by molar-refractivity contribution is 0.329. The maximum absolute atomic E-state index is 13.3. The topological polar surface area (TPSA) is 21.3 Å². The zero-order valence-electron chi connectivity index (χ0n) is 9.22. The molecule has 0 aliphatic rings. The van der Waals surface area contributed by atoms with Crippen LogP contribution in [0.15, 0.2) is 30.4 Å². The molecular formula is C12H15ClFNO. The highest BCUT2D eigenvalue weighted by molar-refractivity contribution is 6.32. The molecule has 4 heteroatoms. The van der Waals surface area contributed by atoms with Crippen LogP contribution in [0.5, 0.6) is 5.75 Å². The van der Waals surface area contributed by atoms with E-state index in [9.17, 15) is 4.39 Å². The highest BCUT2D eigenvalue weighted by atomic mass is 35.5. The van der Waals surface area contributed by atoms with E-state index in [1.807, 2.05) is 6.92 Å². The molecule has 88 valence electrons. The van der Waals surface area contributed by atoms with Crippen molar-refractivity contribution in [3.8, 4) is 5.75 Å². The Balaban J connectivity index is 2.51. The number of para-hydroxylation sites is 1. The Labute approximate surface area is 100 Å². The van der Waals surface area contributed by atoms with Gasteiger partial charge in [0.1, 0.15) is 6.61 Å². The average Bonchev–Trinajstić information content (AvgIpc) is 2.25. The molecule has 0 saturated carbocycles. The van der Waals surface area contributed by atoms with E-state index in [0.29, 0.717) is 6.54 Å². The summed E-state index contributed by atoms with van der Waals surface area (Å²) in [5.74, 6) is -0.370. The van der Waals surface area contributed by atoms with Crippen molar-refractivity contribution >= 4 is 11.6 Å². The number of halogens is 2. The standard InChI is InChI=1S/C12H15ClFNO/c1-3-15-7-9(2)8-16-12-10(13)5-4-6-11(12)14/h4-6,15H,2-3,7-8H2,1H3. The van der Waals surface area contributed by atoms with Crippen LogP contribution in [0.2, 0.25) is 5.02 Å². The van der Waals surface area contributed by atoms with Crippen molar-refractivity contribution in [2.24, 2.45) is 0 Å². The van der Waals surface area contributed by atoms with E-state index >= 15 is 0 Å². The van der Waals surface area contributed by atoms with Crippen LogP contribution in [0, 0.1) is 5.82 Å². The molecule has 0 aliphatic heterocycles. The van der Waals surface area contributed by atoms with Crippen LogP contribution in [0.4, 0.5) is 4.39 Å². The summed E-state index contributed by atoms with van der Waals surface area (Å²) in [6.07, 6.45) is 0. The van der Waals surface area contributed by atoms with Gasteiger partial charge in [-0.1, -0.05) is 31.2 Å². The van der Waals surface area contributed by atoms with Gasteiger partial charge in [0.05, 0.1) is 5.02 Å². The molecule has 0 aliphatic carbocycles. The zero-order chi connectivity index (χ0) is 12.0. The second-order valence-electron chi connectivity index (χ2n) is 3.37. The molecule has 0 unspecified atom stereocenters. The summed E-state index contributed by atoms with van der Waals surface area (Å²) in [5.41, 5.74) is 0.848. The van der Waals surface area contributed by atoms with Crippen LogP contribution in [0.25, 0.3) is 0 Å². The molecule has 2 nitrogen and oxygen atoms in total. The van der Waals surface area contributed by atoms with Crippen molar-refractivity contribution < 1.29 is 9.13 Å². The quantitative estimate of drug-likeness (QED) is 0.776. The lowest BCUT2D eigenvalue weighted by Gasteiger charge is -2.10. The number of rotatable bonds is 6. The van der Waals surface area contributed by atoms with E-state index in [1.54, 1.807) is 6.07 Å². The lowest BCUT2D eigenvalue weighted by Crippen LogP contribution is -2.19. The average molecular weight is 244 g/mol. The van der Waals surface area contributed by atoms with Gasteiger partial charge in [-0.05, 0) is 24.3 Å². The Kier molecular flexibility index (Phi) is 5.29. The first-order valence-electron chi connectivity index (χ1n) is 5.09. The molecule has 0 bridgehead atoms. The van der Waals surface area contributed by atoms with Gasteiger partial charge in [0.25, 0.3) is 0 Å². The molecule has 0 heterocycles. The Morgan fingerprint density at radius 2 is 2.31 bits per heavy atom. The molecule has 0 atom stereocenters. The van der Waals surface area contributed by atoms with Crippen molar-refractivity contribution in [3.05, 3.63) is 41.2 Å². The smallest absolute Gasteiger partial charge is 0.173 e. The molecule has 0 fully saturated rings. The van der Waals surface area contributed by atoms with Crippen molar-refractivity contribution in [2.45, 2.75) is 6.92 Å². The maximum Gasteiger partial charge on any atom is 0.173 e. The van der Waals surface area contributed by atoms with Gasteiger partial charge in [0, 0.05) is 6.54 Å². The molecule has 1 aromatic rings.